The summed E-state index contributed by atoms with van der Waals surface area (Å²) in [6, 6.07) is 10.4. The van der Waals surface area contributed by atoms with Gasteiger partial charge in [-0.1, -0.05) is 23.7 Å². The van der Waals surface area contributed by atoms with Crippen molar-refractivity contribution in [2.75, 3.05) is 13.1 Å². The van der Waals surface area contributed by atoms with Crippen LogP contribution in [0, 0.1) is 11.6 Å². The molecular formula is C17H14ClF2NO. The fourth-order valence-corrected chi connectivity index (χ4v) is 3.01. The van der Waals surface area contributed by atoms with Gasteiger partial charge in [-0.25, -0.2) is 8.78 Å². The number of hydrogen-bond donors (Lipinski definition) is 0. The maximum absolute atomic E-state index is 13.7. The van der Waals surface area contributed by atoms with Gasteiger partial charge in [0.1, 0.15) is 11.6 Å². The maximum Gasteiger partial charge on any atom is 0.256 e. The molecule has 2 aromatic carbocycles. The van der Waals surface area contributed by atoms with Gasteiger partial charge in [0.05, 0.1) is 5.56 Å². The highest BCUT2D eigenvalue weighted by molar-refractivity contribution is 6.30. The van der Waals surface area contributed by atoms with Gasteiger partial charge in [-0.15, -0.1) is 0 Å². The summed E-state index contributed by atoms with van der Waals surface area (Å²) in [5.41, 5.74) is 0.842. The largest absolute Gasteiger partial charge is 0.338 e. The molecule has 0 aliphatic carbocycles. The second kappa shape index (κ2) is 6.05. The minimum atomic E-state index is -0.697. The monoisotopic (exact) mass is 321 g/mol. The maximum atomic E-state index is 13.7. The molecule has 0 saturated carbocycles. The second-order valence-corrected chi connectivity index (χ2v) is 5.85. The SMILES string of the molecule is O=C(c1cc(F)ccc1F)N1CCC(c2cccc(Cl)c2)C1. The van der Waals surface area contributed by atoms with Gasteiger partial charge in [-0.3, -0.25) is 4.79 Å². The van der Waals surface area contributed by atoms with Crippen LogP contribution in [0.3, 0.4) is 0 Å². The minimum absolute atomic E-state index is 0.166. The average Bonchev–Trinajstić information content (AvgIpc) is 2.99. The van der Waals surface area contributed by atoms with Crippen LogP contribution < -0.4 is 0 Å². The van der Waals surface area contributed by atoms with Crippen LogP contribution in [0.5, 0.6) is 0 Å². The zero-order chi connectivity index (χ0) is 15.7. The fraction of sp³-hybridized carbons (Fsp3) is 0.235. The van der Waals surface area contributed by atoms with Crippen molar-refractivity contribution < 1.29 is 13.6 Å². The number of hydrogen-bond acceptors (Lipinski definition) is 1. The van der Waals surface area contributed by atoms with Crippen molar-refractivity contribution in [3.8, 4) is 0 Å². The summed E-state index contributed by atoms with van der Waals surface area (Å²) in [5.74, 6) is -1.62. The molecule has 22 heavy (non-hydrogen) atoms. The first-order valence-electron chi connectivity index (χ1n) is 7.04. The third-order valence-electron chi connectivity index (χ3n) is 3.95. The lowest BCUT2D eigenvalue weighted by Crippen LogP contribution is -2.29. The van der Waals surface area contributed by atoms with E-state index >= 15 is 0 Å². The van der Waals surface area contributed by atoms with Gasteiger partial charge < -0.3 is 4.90 Å². The molecular weight excluding hydrogens is 308 g/mol. The first-order valence-corrected chi connectivity index (χ1v) is 7.42. The lowest BCUT2D eigenvalue weighted by molar-refractivity contribution is 0.0785. The van der Waals surface area contributed by atoms with Crippen molar-refractivity contribution in [2.24, 2.45) is 0 Å². The smallest absolute Gasteiger partial charge is 0.256 e. The summed E-state index contributed by atoms with van der Waals surface area (Å²) in [4.78, 5) is 13.9. The highest BCUT2D eigenvalue weighted by Crippen LogP contribution is 2.30. The number of nitrogens with zero attached hydrogens (tertiary/aromatic N) is 1. The Morgan fingerprint density at radius 1 is 1.18 bits per heavy atom. The number of carbonyl (C=O) groups excluding carboxylic acids is 1. The summed E-state index contributed by atoms with van der Waals surface area (Å²) in [6.45, 7) is 1.00. The van der Waals surface area contributed by atoms with Crippen molar-refractivity contribution in [3.63, 3.8) is 0 Å². The topological polar surface area (TPSA) is 20.3 Å². The molecule has 2 aromatic rings. The molecule has 1 heterocycles. The Morgan fingerprint density at radius 3 is 2.77 bits per heavy atom. The molecule has 2 nitrogen and oxygen atoms in total. The van der Waals surface area contributed by atoms with Crippen LogP contribution in [-0.4, -0.2) is 23.9 Å². The van der Waals surface area contributed by atoms with Gasteiger partial charge in [0.25, 0.3) is 5.91 Å². The van der Waals surface area contributed by atoms with Crippen LogP contribution in [0.15, 0.2) is 42.5 Å². The Morgan fingerprint density at radius 2 is 2.00 bits per heavy atom. The Bertz CT molecular complexity index is 720. The van der Waals surface area contributed by atoms with Crippen LogP contribution >= 0.6 is 11.6 Å². The van der Waals surface area contributed by atoms with Gasteiger partial charge in [0, 0.05) is 24.0 Å². The summed E-state index contributed by atoms with van der Waals surface area (Å²) < 4.78 is 26.9. The van der Waals surface area contributed by atoms with E-state index in [4.69, 9.17) is 11.6 Å². The molecule has 3 rings (SSSR count). The first-order chi connectivity index (χ1) is 10.5. The number of benzene rings is 2. The summed E-state index contributed by atoms with van der Waals surface area (Å²) in [5, 5.41) is 0.651. The Labute approximate surface area is 132 Å². The summed E-state index contributed by atoms with van der Waals surface area (Å²) in [7, 11) is 0. The minimum Gasteiger partial charge on any atom is -0.338 e. The van der Waals surface area contributed by atoms with Crippen molar-refractivity contribution in [1.29, 1.82) is 0 Å². The van der Waals surface area contributed by atoms with Crippen molar-refractivity contribution >= 4 is 17.5 Å². The molecule has 1 aliphatic rings. The van der Waals surface area contributed by atoms with E-state index in [-0.39, 0.29) is 11.5 Å². The van der Waals surface area contributed by atoms with Crippen LogP contribution in [-0.2, 0) is 0 Å². The Balaban J connectivity index is 1.77. The molecule has 5 heteroatoms. The summed E-state index contributed by atoms with van der Waals surface area (Å²) >= 11 is 5.98. The van der Waals surface area contributed by atoms with E-state index < -0.39 is 17.5 Å². The molecule has 1 fully saturated rings. The number of rotatable bonds is 2. The van der Waals surface area contributed by atoms with Crippen LogP contribution in [0.2, 0.25) is 5.02 Å². The van der Waals surface area contributed by atoms with E-state index in [0.717, 1.165) is 30.2 Å². The van der Waals surface area contributed by atoms with E-state index in [2.05, 4.69) is 0 Å². The molecule has 0 N–H and O–H groups in total. The predicted molar refractivity (Wildman–Crippen MR) is 81.1 cm³/mol. The van der Waals surface area contributed by atoms with Gasteiger partial charge in [-0.05, 0) is 42.3 Å². The van der Waals surface area contributed by atoms with Gasteiger partial charge >= 0.3 is 0 Å². The number of carbonyl (C=O) groups is 1. The predicted octanol–water partition coefficient (Wildman–Crippen LogP) is 4.25. The average molecular weight is 322 g/mol. The number of halogens is 3. The molecule has 1 unspecified atom stereocenters. The van der Waals surface area contributed by atoms with E-state index in [1.165, 1.54) is 0 Å². The molecule has 0 aromatic heterocycles. The first kappa shape index (κ1) is 15.0. The molecule has 0 bridgehead atoms. The zero-order valence-electron chi connectivity index (χ0n) is 11.7. The highest BCUT2D eigenvalue weighted by Gasteiger charge is 2.29. The quantitative estimate of drug-likeness (QED) is 0.810. The number of likely N-dealkylation sites (tertiary alicyclic amines) is 1. The second-order valence-electron chi connectivity index (χ2n) is 5.42. The molecule has 1 saturated heterocycles. The van der Waals surface area contributed by atoms with E-state index in [0.29, 0.717) is 18.1 Å². The molecule has 1 atom stereocenters. The number of amides is 1. The van der Waals surface area contributed by atoms with Gasteiger partial charge in [-0.2, -0.15) is 0 Å². The molecule has 1 aliphatic heterocycles. The third kappa shape index (κ3) is 2.97. The van der Waals surface area contributed by atoms with Crippen molar-refractivity contribution in [2.45, 2.75) is 12.3 Å². The van der Waals surface area contributed by atoms with E-state index in [1.807, 2.05) is 18.2 Å². The van der Waals surface area contributed by atoms with Gasteiger partial charge in [0.15, 0.2) is 0 Å². The fourth-order valence-electron chi connectivity index (χ4n) is 2.81. The lowest BCUT2D eigenvalue weighted by atomic mass is 9.99. The Hall–Kier alpha value is -1.94. The van der Waals surface area contributed by atoms with Gasteiger partial charge in [0.2, 0.25) is 0 Å². The van der Waals surface area contributed by atoms with E-state index in [1.54, 1.807) is 11.0 Å². The molecule has 0 radical (unpaired) electrons. The molecule has 1 amide bonds. The summed E-state index contributed by atoms with van der Waals surface area (Å²) in [6.07, 6.45) is 0.781. The van der Waals surface area contributed by atoms with Crippen LogP contribution in [0.4, 0.5) is 8.78 Å². The van der Waals surface area contributed by atoms with Crippen LogP contribution in [0.1, 0.15) is 28.3 Å². The van der Waals surface area contributed by atoms with Crippen molar-refractivity contribution in [3.05, 3.63) is 70.2 Å². The Kier molecular flexibility index (Phi) is 4.12. The normalized spacial score (nSPS) is 17.8. The van der Waals surface area contributed by atoms with Crippen molar-refractivity contribution in [1.82, 2.24) is 4.90 Å². The third-order valence-corrected chi connectivity index (χ3v) is 4.19. The van der Waals surface area contributed by atoms with Crippen LogP contribution in [0.25, 0.3) is 0 Å². The molecule has 114 valence electrons. The zero-order valence-corrected chi connectivity index (χ0v) is 12.5. The highest BCUT2D eigenvalue weighted by atomic mass is 35.5. The lowest BCUT2D eigenvalue weighted by Gasteiger charge is -2.17. The van der Waals surface area contributed by atoms with E-state index in [9.17, 15) is 13.6 Å². The molecule has 0 spiro atoms. The standard InChI is InChI=1S/C17H14ClF2NO/c18-13-3-1-2-11(8-13)12-6-7-21(10-12)17(22)15-9-14(19)4-5-16(15)20/h1-5,8-9,12H,6-7,10H2.